The van der Waals surface area contributed by atoms with Crippen LogP contribution in [-0.4, -0.2) is 31.8 Å². The van der Waals surface area contributed by atoms with E-state index in [1.54, 1.807) is 12.1 Å². The highest BCUT2D eigenvalue weighted by atomic mass is 32.2. The molecule has 0 saturated heterocycles. The summed E-state index contributed by atoms with van der Waals surface area (Å²) in [7, 11) is -3.04. The first-order chi connectivity index (χ1) is 9.95. The van der Waals surface area contributed by atoms with Crippen LogP contribution in [0.1, 0.15) is 37.4 Å². The van der Waals surface area contributed by atoms with Gasteiger partial charge in [0.05, 0.1) is 11.4 Å². The molecule has 0 bridgehead atoms. The predicted molar refractivity (Wildman–Crippen MR) is 78.1 cm³/mol. The van der Waals surface area contributed by atoms with Crippen molar-refractivity contribution in [2.24, 2.45) is 5.92 Å². The van der Waals surface area contributed by atoms with Crippen LogP contribution in [0.5, 0.6) is 11.5 Å². The van der Waals surface area contributed by atoms with E-state index in [1.165, 1.54) is 6.26 Å². The molecule has 1 N–H and O–H groups in total. The Balaban J connectivity index is 1.77. The van der Waals surface area contributed by atoms with Gasteiger partial charge in [0.1, 0.15) is 9.84 Å². The van der Waals surface area contributed by atoms with Gasteiger partial charge in [-0.3, -0.25) is 0 Å². The van der Waals surface area contributed by atoms with Crippen LogP contribution in [-0.2, 0) is 9.84 Å². The topological polar surface area (TPSA) is 72.8 Å². The second-order valence-electron chi connectivity index (χ2n) is 5.94. The molecule has 1 aliphatic heterocycles. The molecule has 3 atom stereocenters. The summed E-state index contributed by atoms with van der Waals surface area (Å²) < 4.78 is 34.0. The van der Waals surface area contributed by atoms with Crippen LogP contribution in [0.3, 0.4) is 0 Å². The van der Waals surface area contributed by atoms with E-state index in [1.807, 2.05) is 6.07 Å². The van der Waals surface area contributed by atoms with Gasteiger partial charge in [-0.1, -0.05) is 12.5 Å². The van der Waals surface area contributed by atoms with Gasteiger partial charge in [-0.05, 0) is 42.9 Å². The molecule has 2 aliphatic rings. The van der Waals surface area contributed by atoms with Gasteiger partial charge in [0.15, 0.2) is 11.5 Å². The van der Waals surface area contributed by atoms with Gasteiger partial charge in [-0.2, -0.15) is 0 Å². The molecule has 1 saturated carbocycles. The van der Waals surface area contributed by atoms with Crippen molar-refractivity contribution in [1.82, 2.24) is 0 Å². The second-order valence-corrected chi connectivity index (χ2v) is 8.26. The Bertz CT molecular complexity index is 625. The van der Waals surface area contributed by atoms with E-state index in [0.717, 1.165) is 18.4 Å². The summed E-state index contributed by atoms with van der Waals surface area (Å²) in [5.41, 5.74) is 0.762. The Morgan fingerprint density at radius 1 is 1.24 bits per heavy atom. The lowest BCUT2D eigenvalue weighted by Crippen LogP contribution is -2.30. The fourth-order valence-corrected chi connectivity index (χ4v) is 4.42. The molecule has 5 nitrogen and oxygen atoms in total. The number of aliphatic hydroxyl groups is 1. The Labute approximate surface area is 124 Å². The lowest BCUT2D eigenvalue weighted by molar-refractivity contribution is 0.0855. The van der Waals surface area contributed by atoms with Gasteiger partial charge in [-0.25, -0.2) is 8.42 Å². The highest BCUT2D eigenvalue weighted by Crippen LogP contribution is 2.40. The van der Waals surface area contributed by atoms with Crippen molar-refractivity contribution in [2.75, 3.05) is 13.0 Å². The highest BCUT2D eigenvalue weighted by Gasteiger charge is 2.33. The predicted octanol–water partition coefficient (Wildman–Crippen LogP) is 2.05. The van der Waals surface area contributed by atoms with Crippen molar-refractivity contribution < 1.29 is 23.0 Å². The SMILES string of the molecule is CS(=O)(=O)C1CCCC(C(O)c2ccc3c(c2)OCO3)C1. The zero-order chi connectivity index (χ0) is 15.0. The summed E-state index contributed by atoms with van der Waals surface area (Å²) in [5, 5.41) is 10.2. The second kappa shape index (κ2) is 5.50. The lowest BCUT2D eigenvalue weighted by atomic mass is 9.82. The zero-order valence-corrected chi connectivity index (χ0v) is 12.8. The molecule has 6 heteroatoms. The summed E-state index contributed by atoms with van der Waals surface area (Å²) >= 11 is 0. The Hall–Kier alpha value is -1.27. The van der Waals surface area contributed by atoms with Crippen molar-refractivity contribution >= 4 is 9.84 Å². The van der Waals surface area contributed by atoms with Crippen LogP contribution in [0.4, 0.5) is 0 Å². The van der Waals surface area contributed by atoms with Crippen molar-refractivity contribution in [3.63, 3.8) is 0 Å². The maximum absolute atomic E-state index is 11.7. The lowest BCUT2D eigenvalue weighted by Gasteiger charge is -2.31. The average Bonchev–Trinajstić information content (AvgIpc) is 2.93. The third-order valence-electron chi connectivity index (χ3n) is 4.46. The van der Waals surface area contributed by atoms with Crippen molar-refractivity contribution in [3.8, 4) is 11.5 Å². The Morgan fingerprint density at radius 3 is 2.76 bits per heavy atom. The van der Waals surface area contributed by atoms with E-state index in [9.17, 15) is 13.5 Å². The third kappa shape index (κ3) is 3.01. The molecule has 0 radical (unpaired) electrons. The van der Waals surface area contributed by atoms with E-state index >= 15 is 0 Å². The number of ether oxygens (including phenoxy) is 2. The molecular formula is C15H20O5S. The largest absolute Gasteiger partial charge is 0.454 e. The first kappa shape index (κ1) is 14.7. The molecule has 1 aromatic carbocycles. The van der Waals surface area contributed by atoms with E-state index in [4.69, 9.17) is 9.47 Å². The minimum absolute atomic E-state index is 0.0288. The molecule has 3 unspecified atom stereocenters. The van der Waals surface area contributed by atoms with Crippen LogP contribution in [0, 0.1) is 5.92 Å². The summed E-state index contributed by atoms with van der Waals surface area (Å²) in [6, 6.07) is 5.40. The molecule has 0 spiro atoms. The third-order valence-corrected chi connectivity index (χ3v) is 6.10. The maximum Gasteiger partial charge on any atom is 0.231 e. The van der Waals surface area contributed by atoms with Gasteiger partial charge in [0.2, 0.25) is 6.79 Å². The molecule has 1 aromatic rings. The molecule has 1 heterocycles. The normalized spacial score (nSPS) is 26.6. The average molecular weight is 312 g/mol. The van der Waals surface area contributed by atoms with E-state index in [2.05, 4.69) is 0 Å². The molecule has 1 aliphatic carbocycles. The van der Waals surface area contributed by atoms with Gasteiger partial charge >= 0.3 is 0 Å². The number of rotatable bonds is 3. The Morgan fingerprint density at radius 2 is 2.00 bits per heavy atom. The molecule has 1 fully saturated rings. The number of aliphatic hydroxyl groups excluding tert-OH is 1. The number of fused-ring (bicyclic) bond motifs is 1. The molecule has 0 amide bonds. The van der Waals surface area contributed by atoms with Crippen LogP contribution in [0.15, 0.2) is 18.2 Å². The van der Waals surface area contributed by atoms with Crippen molar-refractivity contribution in [1.29, 1.82) is 0 Å². The summed E-state index contributed by atoms with van der Waals surface area (Å²) in [6.07, 6.45) is 3.53. The zero-order valence-electron chi connectivity index (χ0n) is 12.0. The summed E-state index contributed by atoms with van der Waals surface area (Å²) in [5.74, 6) is 1.30. The number of benzene rings is 1. The van der Waals surface area contributed by atoms with E-state index in [0.29, 0.717) is 24.3 Å². The first-order valence-electron chi connectivity index (χ1n) is 7.21. The molecule has 0 aromatic heterocycles. The van der Waals surface area contributed by atoms with Gasteiger partial charge in [0.25, 0.3) is 0 Å². The summed E-state index contributed by atoms with van der Waals surface area (Å²) in [4.78, 5) is 0. The molecule has 21 heavy (non-hydrogen) atoms. The summed E-state index contributed by atoms with van der Waals surface area (Å²) in [6.45, 7) is 0.203. The van der Waals surface area contributed by atoms with Crippen molar-refractivity contribution in [2.45, 2.75) is 37.0 Å². The quantitative estimate of drug-likeness (QED) is 0.925. The fraction of sp³-hybridized carbons (Fsp3) is 0.600. The molecule has 116 valence electrons. The Kier molecular flexibility index (Phi) is 3.84. The van der Waals surface area contributed by atoms with E-state index in [-0.39, 0.29) is 18.0 Å². The molecule has 3 rings (SSSR count). The van der Waals surface area contributed by atoms with E-state index < -0.39 is 15.9 Å². The van der Waals surface area contributed by atoms with Gasteiger partial charge < -0.3 is 14.6 Å². The van der Waals surface area contributed by atoms with Crippen LogP contribution >= 0.6 is 0 Å². The fourth-order valence-electron chi connectivity index (χ4n) is 3.23. The number of hydrogen-bond donors (Lipinski definition) is 1. The number of hydrogen-bond acceptors (Lipinski definition) is 5. The maximum atomic E-state index is 11.7. The first-order valence-corrected chi connectivity index (χ1v) is 9.17. The minimum Gasteiger partial charge on any atom is -0.454 e. The smallest absolute Gasteiger partial charge is 0.231 e. The van der Waals surface area contributed by atoms with Crippen LogP contribution < -0.4 is 9.47 Å². The van der Waals surface area contributed by atoms with Gasteiger partial charge in [0, 0.05) is 6.26 Å². The number of sulfone groups is 1. The highest BCUT2D eigenvalue weighted by molar-refractivity contribution is 7.91. The van der Waals surface area contributed by atoms with Crippen molar-refractivity contribution in [3.05, 3.63) is 23.8 Å². The standard InChI is InChI=1S/C15H20O5S/c1-21(17,18)12-4-2-3-10(7-12)15(16)11-5-6-13-14(8-11)20-9-19-13/h5-6,8,10,12,15-16H,2-4,7,9H2,1H3. The monoisotopic (exact) mass is 312 g/mol. The molecular weight excluding hydrogens is 292 g/mol. The van der Waals surface area contributed by atoms with Crippen LogP contribution in [0.2, 0.25) is 0 Å². The van der Waals surface area contributed by atoms with Crippen LogP contribution in [0.25, 0.3) is 0 Å². The van der Waals surface area contributed by atoms with Gasteiger partial charge in [-0.15, -0.1) is 0 Å². The minimum atomic E-state index is -3.04.